The summed E-state index contributed by atoms with van der Waals surface area (Å²) in [5.74, 6) is 0.593. The highest BCUT2D eigenvalue weighted by Gasteiger charge is 2.16. The van der Waals surface area contributed by atoms with E-state index < -0.39 is 0 Å². The van der Waals surface area contributed by atoms with Gasteiger partial charge in [0, 0.05) is 47.3 Å². The number of piperidine rings is 1. The molecule has 3 aromatic carbocycles. The van der Waals surface area contributed by atoms with Gasteiger partial charge < -0.3 is 20.9 Å². The SMILES string of the molecule is CNc1cccc(-c2cccc3cnc(Nc4ccc(NC5CCN(C)CC5)cc4)nc23)c1. The molecule has 1 saturated heterocycles. The number of aromatic nitrogens is 2. The summed E-state index contributed by atoms with van der Waals surface area (Å²) in [5.41, 5.74) is 6.35. The summed E-state index contributed by atoms with van der Waals surface area (Å²) in [6.07, 6.45) is 4.24. The molecule has 1 aromatic heterocycles. The van der Waals surface area contributed by atoms with Crippen molar-refractivity contribution in [3.05, 3.63) is 72.9 Å². The third kappa shape index (κ3) is 4.91. The van der Waals surface area contributed by atoms with Crippen LogP contribution in [0.5, 0.6) is 0 Å². The molecule has 0 unspecified atom stereocenters. The van der Waals surface area contributed by atoms with Gasteiger partial charge in [-0.05, 0) is 74.9 Å². The lowest BCUT2D eigenvalue weighted by Gasteiger charge is -2.30. The quantitative estimate of drug-likeness (QED) is 0.365. The Hall–Kier alpha value is -3.64. The predicted octanol–water partition coefficient (Wildman–Crippen LogP) is 5.59. The minimum atomic E-state index is 0.545. The topological polar surface area (TPSA) is 65.1 Å². The molecule has 1 aliphatic heterocycles. The van der Waals surface area contributed by atoms with E-state index in [4.69, 9.17) is 4.98 Å². The van der Waals surface area contributed by atoms with Crippen molar-refractivity contribution in [3.8, 4) is 11.1 Å². The lowest BCUT2D eigenvalue weighted by molar-refractivity contribution is 0.264. The Bertz CT molecular complexity index is 1230. The lowest BCUT2D eigenvalue weighted by Crippen LogP contribution is -2.36. The van der Waals surface area contributed by atoms with Crippen LogP contribution in [0.15, 0.2) is 72.9 Å². The van der Waals surface area contributed by atoms with Gasteiger partial charge in [0.15, 0.2) is 0 Å². The molecule has 0 bridgehead atoms. The Balaban J connectivity index is 1.35. The molecule has 0 spiro atoms. The molecule has 4 aromatic rings. The van der Waals surface area contributed by atoms with Gasteiger partial charge >= 0.3 is 0 Å². The van der Waals surface area contributed by atoms with E-state index in [1.807, 2.05) is 19.3 Å². The number of nitrogens with one attached hydrogen (secondary N) is 3. The Morgan fingerprint density at radius 1 is 0.879 bits per heavy atom. The molecule has 168 valence electrons. The van der Waals surface area contributed by atoms with Crippen LogP contribution in [-0.2, 0) is 0 Å². The van der Waals surface area contributed by atoms with Crippen LogP contribution in [0.25, 0.3) is 22.0 Å². The normalized spacial score (nSPS) is 14.8. The van der Waals surface area contributed by atoms with Crippen LogP contribution in [0.4, 0.5) is 23.0 Å². The molecule has 5 rings (SSSR count). The molecule has 1 aliphatic rings. The monoisotopic (exact) mass is 438 g/mol. The molecule has 2 heterocycles. The number of nitrogens with zero attached hydrogens (tertiary/aromatic N) is 3. The number of rotatable bonds is 6. The van der Waals surface area contributed by atoms with Gasteiger partial charge in [-0.2, -0.15) is 0 Å². The highest BCUT2D eigenvalue weighted by atomic mass is 15.1. The van der Waals surface area contributed by atoms with E-state index in [0.29, 0.717) is 12.0 Å². The van der Waals surface area contributed by atoms with Crippen molar-refractivity contribution < 1.29 is 0 Å². The van der Waals surface area contributed by atoms with Gasteiger partial charge in [0.05, 0.1) is 5.52 Å². The molecule has 1 fully saturated rings. The summed E-state index contributed by atoms with van der Waals surface area (Å²) >= 11 is 0. The summed E-state index contributed by atoms with van der Waals surface area (Å²) in [7, 11) is 4.12. The van der Waals surface area contributed by atoms with Crippen LogP contribution in [0.3, 0.4) is 0 Å². The van der Waals surface area contributed by atoms with E-state index in [-0.39, 0.29) is 0 Å². The molecule has 3 N–H and O–H groups in total. The summed E-state index contributed by atoms with van der Waals surface area (Å²) in [4.78, 5) is 11.8. The summed E-state index contributed by atoms with van der Waals surface area (Å²) in [6, 6.07) is 23.5. The second-order valence-corrected chi connectivity index (χ2v) is 8.69. The summed E-state index contributed by atoms with van der Waals surface area (Å²) in [6.45, 7) is 2.30. The smallest absolute Gasteiger partial charge is 0.227 e. The maximum Gasteiger partial charge on any atom is 0.227 e. The Morgan fingerprint density at radius 2 is 1.64 bits per heavy atom. The molecule has 0 atom stereocenters. The first kappa shape index (κ1) is 21.2. The maximum atomic E-state index is 4.86. The zero-order chi connectivity index (χ0) is 22.6. The molecular formula is C27H30N6. The average molecular weight is 439 g/mol. The molecule has 0 radical (unpaired) electrons. The van der Waals surface area contributed by atoms with E-state index in [1.165, 1.54) is 12.8 Å². The Morgan fingerprint density at radius 3 is 2.42 bits per heavy atom. The van der Waals surface area contributed by atoms with Crippen molar-refractivity contribution in [2.24, 2.45) is 0 Å². The molecule has 0 aliphatic carbocycles. The number of anilines is 4. The first-order valence-electron chi connectivity index (χ1n) is 11.5. The summed E-state index contributed by atoms with van der Waals surface area (Å²) in [5, 5.41) is 11.3. The van der Waals surface area contributed by atoms with E-state index >= 15 is 0 Å². The van der Waals surface area contributed by atoms with Crippen LogP contribution >= 0.6 is 0 Å². The van der Waals surface area contributed by atoms with Crippen molar-refractivity contribution in [1.82, 2.24) is 14.9 Å². The van der Waals surface area contributed by atoms with Crippen molar-refractivity contribution in [1.29, 1.82) is 0 Å². The van der Waals surface area contributed by atoms with Crippen LogP contribution in [0, 0.1) is 0 Å². The highest BCUT2D eigenvalue weighted by Crippen LogP contribution is 2.30. The van der Waals surface area contributed by atoms with Crippen molar-refractivity contribution in [2.75, 3.05) is 43.1 Å². The van der Waals surface area contributed by atoms with Crippen molar-refractivity contribution >= 4 is 33.9 Å². The minimum Gasteiger partial charge on any atom is -0.388 e. The number of hydrogen-bond donors (Lipinski definition) is 3. The Kier molecular flexibility index (Phi) is 6.09. The van der Waals surface area contributed by atoms with E-state index in [2.05, 4.69) is 93.5 Å². The van der Waals surface area contributed by atoms with Gasteiger partial charge in [0.25, 0.3) is 0 Å². The number of benzene rings is 3. The van der Waals surface area contributed by atoms with E-state index in [0.717, 1.165) is 52.2 Å². The second kappa shape index (κ2) is 9.46. The summed E-state index contributed by atoms with van der Waals surface area (Å²) < 4.78 is 0. The van der Waals surface area contributed by atoms with E-state index in [9.17, 15) is 0 Å². The molecule has 6 nitrogen and oxygen atoms in total. The Labute approximate surface area is 195 Å². The molecule has 0 amide bonds. The van der Waals surface area contributed by atoms with Crippen molar-refractivity contribution in [3.63, 3.8) is 0 Å². The maximum absolute atomic E-state index is 4.86. The first-order chi connectivity index (χ1) is 16.2. The number of para-hydroxylation sites is 1. The first-order valence-corrected chi connectivity index (χ1v) is 11.5. The van der Waals surface area contributed by atoms with Gasteiger partial charge in [-0.15, -0.1) is 0 Å². The van der Waals surface area contributed by atoms with E-state index in [1.54, 1.807) is 0 Å². The molecule has 33 heavy (non-hydrogen) atoms. The number of hydrogen-bond acceptors (Lipinski definition) is 6. The van der Waals surface area contributed by atoms with Gasteiger partial charge in [-0.1, -0.05) is 30.3 Å². The van der Waals surface area contributed by atoms with Crippen LogP contribution in [0.2, 0.25) is 0 Å². The third-order valence-electron chi connectivity index (χ3n) is 6.30. The zero-order valence-corrected chi connectivity index (χ0v) is 19.2. The fourth-order valence-electron chi connectivity index (χ4n) is 4.36. The van der Waals surface area contributed by atoms with Crippen molar-refractivity contribution in [2.45, 2.75) is 18.9 Å². The molecule has 0 saturated carbocycles. The van der Waals surface area contributed by atoms with Gasteiger partial charge in [0.1, 0.15) is 0 Å². The van der Waals surface area contributed by atoms with Crippen LogP contribution in [-0.4, -0.2) is 48.1 Å². The minimum absolute atomic E-state index is 0.545. The average Bonchev–Trinajstić information content (AvgIpc) is 2.86. The van der Waals surface area contributed by atoms with Gasteiger partial charge in [-0.25, -0.2) is 9.97 Å². The second-order valence-electron chi connectivity index (χ2n) is 8.69. The fraction of sp³-hybridized carbons (Fsp3) is 0.259. The number of fused-ring (bicyclic) bond motifs is 1. The molecular weight excluding hydrogens is 408 g/mol. The van der Waals surface area contributed by atoms with Crippen LogP contribution in [0.1, 0.15) is 12.8 Å². The third-order valence-corrected chi connectivity index (χ3v) is 6.30. The van der Waals surface area contributed by atoms with Gasteiger partial charge in [0.2, 0.25) is 5.95 Å². The lowest BCUT2D eigenvalue weighted by atomic mass is 10.0. The van der Waals surface area contributed by atoms with Gasteiger partial charge in [-0.3, -0.25) is 0 Å². The predicted molar refractivity (Wildman–Crippen MR) is 138 cm³/mol. The largest absolute Gasteiger partial charge is 0.388 e. The highest BCUT2D eigenvalue weighted by molar-refractivity contribution is 5.94. The van der Waals surface area contributed by atoms with Crippen LogP contribution < -0.4 is 16.0 Å². The molecule has 6 heteroatoms. The zero-order valence-electron chi connectivity index (χ0n) is 19.2. The standard InChI is InChI=1S/C27H30N6/c1-28-24-7-3-5-19(17-24)25-8-4-6-20-18-29-27(32-26(20)25)31-22-11-9-21(10-12-22)30-23-13-15-33(2)16-14-23/h3-12,17-18,23,28,30H,13-16H2,1-2H3,(H,29,31,32). The number of likely N-dealkylation sites (tertiary alicyclic amines) is 1. The fourth-order valence-corrected chi connectivity index (χ4v) is 4.36.